The van der Waals surface area contributed by atoms with Crippen LogP contribution in [0.4, 0.5) is 16.2 Å². The molecule has 0 unspecified atom stereocenters. The van der Waals surface area contributed by atoms with Crippen molar-refractivity contribution < 1.29 is 4.79 Å². The quantitative estimate of drug-likeness (QED) is 0.635. The number of carbonyl (C=O) groups is 1. The van der Waals surface area contributed by atoms with Crippen molar-refractivity contribution >= 4 is 17.4 Å². The summed E-state index contributed by atoms with van der Waals surface area (Å²) in [5.74, 6) is 0. The van der Waals surface area contributed by atoms with E-state index >= 15 is 0 Å². The van der Waals surface area contributed by atoms with Gasteiger partial charge in [0.2, 0.25) is 0 Å². The van der Waals surface area contributed by atoms with Gasteiger partial charge in [0, 0.05) is 6.54 Å². The molecular weight excluding hydrogens is 178 g/mol. The van der Waals surface area contributed by atoms with E-state index in [-0.39, 0.29) is 0 Å². The summed E-state index contributed by atoms with van der Waals surface area (Å²) in [5.41, 5.74) is 6.52. The number of para-hydroxylation sites is 2. The molecule has 0 aliphatic heterocycles. The lowest BCUT2D eigenvalue weighted by molar-refractivity contribution is 0.259. The molecule has 1 aromatic carbocycles. The third kappa shape index (κ3) is 2.82. The van der Waals surface area contributed by atoms with E-state index in [1.807, 2.05) is 18.2 Å². The fraction of sp³-hybridized carbons (Fsp3) is 0.100. The number of amides is 2. The Labute approximate surface area is 82.8 Å². The largest absolute Gasteiger partial charge is 0.380 e. The van der Waals surface area contributed by atoms with Crippen molar-refractivity contribution in [1.82, 2.24) is 0 Å². The SMILES string of the molecule is C=CCNc1ccccc1NC(N)=O. The van der Waals surface area contributed by atoms with E-state index in [1.165, 1.54) is 0 Å². The van der Waals surface area contributed by atoms with E-state index in [1.54, 1.807) is 12.1 Å². The number of primary amides is 1. The molecule has 0 bridgehead atoms. The normalized spacial score (nSPS) is 9.14. The number of carbonyl (C=O) groups excluding carboxylic acids is 1. The Kier molecular flexibility index (Phi) is 3.55. The summed E-state index contributed by atoms with van der Waals surface area (Å²) in [6.07, 6.45) is 1.74. The molecule has 0 aliphatic carbocycles. The molecule has 0 atom stereocenters. The molecule has 0 saturated heterocycles. The minimum atomic E-state index is -0.571. The van der Waals surface area contributed by atoms with E-state index < -0.39 is 6.03 Å². The number of rotatable bonds is 4. The predicted molar refractivity (Wildman–Crippen MR) is 58.3 cm³/mol. The third-order valence-electron chi connectivity index (χ3n) is 1.62. The van der Waals surface area contributed by atoms with Gasteiger partial charge >= 0.3 is 6.03 Å². The number of hydrogen-bond acceptors (Lipinski definition) is 2. The number of nitrogens with one attached hydrogen (secondary N) is 2. The second-order valence-corrected chi connectivity index (χ2v) is 2.70. The van der Waals surface area contributed by atoms with Crippen LogP contribution in [0.25, 0.3) is 0 Å². The van der Waals surface area contributed by atoms with Gasteiger partial charge in [-0.05, 0) is 12.1 Å². The summed E-state index contributed by atoms with van der Waals surface area (Å²) in [6.45, 7) is 4.23. The van der Waals surface area contributed by atoms with Crippen LogP contribution in [0.1, 0.15) is 0 Å². The molecule has 2 amide bonds. The number of hydrogen-bond donors (Lipinski definition) is 3. The van der Waals surface area contributed by atoms with E-state index in [0.717, 1.165) is 5.69 Å². The summed E-state index contributed by atoms with van der Waals surface area (Å²) in [7, 11) is 0. The van der Waals surface area contributed by atoms with Gasteiger partial charge in [-0.2, -0.15) is 0 Å². The topological polar surface area (TPSA) is 67.2 Å². The van der Waals surface area contributed by atoms with Crippen LogP contribution in [0, 0.1) is 0 Å². The molecule has 1 aromatic rings. The maximum atomic E-state index is 10.7. The maximum Gasteiger partial charge on any atom is 0.316 e. The molecular formula is C10H13N3O. The lowest BCUT2D eigenvalue weighted by Crippen LogP contribution is -2.20. The van der Waals surface area contributed by atoms with Crippen LogP contribution in [0.2, 0.25) is 0 Å². The second kappa shape index (κ2) is 4.91. The highest BCUT2D eigenvalue weighted by atomic mass is 16.2. The first kappa shape index (κ1) is 10.1. The van der Waals surface area contributed by atoms with E-state index in [0.29, 0.717) is 12.2 Å². The first-order chi connectivity index (χ1) is 6.74. The van der Waals surface area contributed by atoms with Gasteiger partial charge in [0.25, 0.3) is 0 Å². The first-order valence-electron chi connectivity index (χ1n) is 4.24. The molecule has 0 aromatic heterocycles. The fourth-order valence-corrected chi connectivity index (χ4v) is 1.06. The van der Waals surface area contributed by atoms with Gasteiger partial charge in [0.1, 0.15) is 0 Å². The molecule has 74 valence electrons. The first-order valence-corrected chi connectivity index (χ1v) is 4.24. The van der Waals surface area contributed by atoms with Crippen LogP contribution in [0.3, 0.4) is 0 Å². The summed E-state index contributed by atoms with van der Waals surface area (Å²) in [6, 6.07) is 6.75. The van der Waals surface area contributed by atoms with Gasteiger partial charge < -0.3 is 16.4 Å². The number of nitrogens with two attached hydrogens (primary N) is 1. The van der Waals surface area contributed by atoms with E-state index in [9.17, 15) is 4.79 Å². The Hall–Kier alpha value is -1.97. The van der Waals surface area contributed by atoms with Crippen LogP contribution in [0.15, 0.2) is 36.9 Å². The van der Waals surface area contributed by atoms with Gasteiger partial charge in [-0.1, -0.05) is 18.2 Å². The zero-order chi connectivity index (χ0) is 10.4. The van der Waals surface area contributed by atoms with Gasteiger partial charge in [-0.25, -0.2) is 4.79 Å². The summed E-state index contributed by atoms with van der Waals surface area (Å²) >= 11 is 0. The molecule has 0 aliphatic rings. The van der Waals surface area contributed by atoms with Gasteiger partial charge in [-0.15, -0.1) is 6.58 Å². The number of urea groups is 1. The van der Waals surface area contributed by atoms with Gasteiger partial charge in [0.05, 0.1) is 11.4 Å². The van der Waals surface area contributed by atoms with Crippen molar-refractivity contribution in [1.29, 1.82) is 0 Å². The van der Waals surface area contributed by atoms with Crippen molar-refractivity contribution in [3.05, 3.63) is 36.9 Å². The summed E-state index contributed by atoms with van der Waals surface area (Å²) < 4.78 is 0. The van der Waals surface area contributed by atoms with Gasteiger partial charge in [0.15, 0.2) is 0 Å². The van der Waals surface area contributed by atoms with Crippen molar-refractivity contribution in [2.75, 3.05) is 17.2 Å². The lowest BCUT2D eigenvalue weighted by atomic mass is 10.2. The Morgan fingerprint density at radius 3 is 2.64 bits per heavy atom. The average molecular weight is 191 g/mol. The minimum absolute atomic E-state index is 0.571. The Morgan fingerprint density at radius 2 is 2.07 bits per heavy atom. The average Bonchev–Trinajstić information content (AvgIpc) is 2.16. The third-order valence-corrected chi connectivity index (χ3v) is 1.62. The maximum absolute atomic E-state index is 10.7. The molecule has 0 saturated carbocycles. The predicted octanol–water partition coefficient (Wildman–Crippen LogP) is 1.78. The highest BCUT2D eigenvalue weighted by molar-refractivity contribution is 5.91. The fourth-order valence-electron chi connectivity index (χ4n) is 1.06. The van der Waals surface area contributed by atoms with Crippen molar-refractivity contribution in [2.24, 2.45) is 5.73 Å². The molecule has 0 fully saturated rings. The molecule has 4 heteroatoms. The summed E-state index contributed by atoms with van der Waals surface area (Å²) in [5, 5.41) is 5.60. The van der Waals surface area contributed by atoms with Crippen LogP contribution in [0.5, 0.6) is 0 Å². The highest BCUT2D eigenvalue weighted by Crippen LogP contribution is 2.20. The molecule has 0 spiro atoms. The zero-order valence-electron chi connectivity index (χ0n) is 7.79. The van der Waals surface area contributed by atoms with E-state index in [4.69, 9.17) is 5.73 Å². The van der Waals surface area contributed by atoms with Crippen molar-refractivity contribution in [2.45, 2.75) is 0 Å². The van der Waals surface area contributed by atoms with Gasteiger partial charge in [-0.3, -0.25) is 0 Å². The summed E-state index contributed by atoms with van der Waals surface area (Å²) in [4.78, 5) is 10.7. The molecule has 1 rings (SSSR count). The smallest absolute Gasteiger partial charge is 0.316 e. The zero-order valence-corrected chi connectivity index (χ0v) is 7.79. The minimum Gasteiger partial charge on any atom is -0.380 e. The van der Waals surface area contributed by atoms with Crippen molar-refractivity contribution in [3.63, 3.8) is 0 Å². The standard InChI is InChI=1S/C10H13N3O/c1-2-7-12-8-5-3-4-6-9(8)13-10(11)14/h2-6,12H,1,7H2,(H3,11,13,14). The lowest BCUT2D eigenvalue weighted by Gasteiger charge is -2.09. The van der Waals surface area contributed by atoms with Crippen molar-refractivity contribution in [3.8, 4) is 0 Å². The number of benzene rings is 1. The van der Waals surface area contributed by atoms with Crippen LogP contribution >= 0.6 is 0 Å². The Morgan fingerprint density at radius 1 is 1.43 bits per heavy atom. The molecule has 14 heavy (non-hydrogen) atoms. The van der Waals surface area contributed by atoms with Crippen LogP contribution in [-0.2, 0) is 0 Å². The van der Waals surface area contributed by atoms with E-state index in [2.05, 4.69) is 17.2 Å². The number of anilines is 2. The molecule has 0 heterocycles. The Bertz CT molecular complexity index is 336. The molecule has 0 radical (unpaired) electrons. The molecule has 4 nitrogen and oxygen atoms in total. The second-order valence-electron chi connectivity index (χ2n) is 2.70. The molecule has 4 N–H and O–H groups in total. The van der Waals surface area contributed by atoms with Crippen LogP contribution in [-0.4, -0.2) is 12.6 Å². The van der Waals surface area contributed by atoms with Crippen LogP contribution < -0.4 is 16.4 Å². The monoisotopic (exact) mass is 191 g/mol. The highest BCUT2D eigenvalue weighted by Gasteiger charge is 2.01. The Balaban J connectivity index is 2.79.